The Labute approximate surface area is 168 Å². The first-order valence-electron chi connectivity index (χ1n) is 9.14. The third-order valence-electron chi connectivity index (χ3n) is 4.35. The van der Waals surface area contributed by atoms with E-state index in [1.165, 1.54) is 0 Å². The second-order valence-corrected chi connectivity index (χ2v) is 6.62. The number of hydrogen-bond donors (Lipinski definition) is 1. The first-order chi connectivity index (χ1) is 14.1. The number of rotatable bonds is 5. The lowest BCUT2D eigenvalue weighted by atomic mass is 10.1. The number of para-hydroxylation sites is 1. The van der Waals surface area contributed by atoms with E-state index in [9.17, 15) is 4.79 Å². The highest BCUT2D eigenvalue weighted by molar-refractivity contribution is 6.03. The van der Waals surface area contributed by atoms with Gasteiger partial charge in [0.25, 0.3) is 5.91 Å². The maximum absolute atomic E-state index is 12.5. The second-order valence-electron chi connectivity index (χ2n) is 6.62. The van der Waals surface area contributed by atoms with Gasteiger partial charge in [0.05, 0.1) is 0 Å². The van der Waals surface area contributed by atoms with Gasteiger partial charge in [-0.2, -0.15) is 0 Å². The molecule has 0 radical (unpaired) electrons. The van der Waals surface area contributed by atoms with Crippen molar-refractivity contribution >= 4 is 11.9 Å². The monoisotopic (exact) mass is 385 g/mol. The van der Waals surface area contributed by atoms with E-state index in [0.29, 0.717) is 17.2 Å². The fourth-order valence-corrected chi connectivity index (χ4v) is 2.90. The number of hydrogen-bond acceptors (Lipinski definition) is 5. The lowest BCUT2D eigenvalue weighted by molar-refractivity contribution is 0.102. The van der Waals surface area contributed by atoms with E-state index >= 15 is 0 Å². The van der Waals surface area contributed by atoms with Crippen LogP contribution in [0.5, 0.6) is 11.5 Å². The van der Waals surface area contributed by atoms with E-state index in [1.807, 2.05) is 62.4 Å². The Morgan fingerprint density at radius 1 is 0.897 bits per heavy atom. The smallest absolute Gasteiger partial charge is 0.322 e. The Bertz CT molecular complexity index is 1140. The Kier molecular flexibility index (Phi) is 5.07. The summed E-state index contributed by atoms with van der Waals surface area (Å²) in [7, 11) is 0. The fourth-order valence-electron chi connectivity index (χ4n) is 2.90. The molecule has 4 aromatic rings. The zero-order chi connectivity index (χ0) is 20.2. The summed E-state index contributed by atoms with van der Waals surface area (Å²) in [6.45, 7) is 4.00. The van der Waals surface area contributed by atoms with Gasteiger partial charge in [0.15, 0.2) is 0 Å². The Morgan fingerprint density at radius 3 is 2.34 bits per heavy atom. The third-order valence-corrected chi connectivity index (χ3v) is 4.35. The molecule has 0 unspecified atom stereocenters. The van der Waals surface area contributed by atoms with Crippen LogP contribution in [0.15, 0.2) is 77.2 Å². The average molecular weight is 385 g/mol. The number of aryl methyl sites for hydroxylation is 2. The summed E-state index contributed by atoms with van der Waals surface area (Å²) in [6.07, 6.45) is 0. The van der Waals surface area contributed by atoms with Crippen LogP contribution in [0.1, 0.15) is 21.5 Å². The van der Waals surface area contributed by atoms with Crippen LogP contribution in [-0.2, 0) is 0 Å². The summed E-state index contributed by atoms with van der Waals surface area (Å²) in [5, 5.41) is 10.6. The van der Waals surface area contributed by atoms with E-state index in [4.69, 9.17) is 9.15 Å². The van der Waals surface area contributed by atoms with Crippen molar-refractivity contribution in [1.82, 2.24) is 10.2 Å². The molecule has 0 saturated heterocycles. The number of benzene rings is 3. The number of aromatic nitrogens is 2. The summed E-state index contributed by atoms with van der Waals surface area (Å²) in [6, 6.07) is 22.3. The fraction of sp³-hybridized carbons (Fsp3) is 0.0870. The van der Waals surface area contributed by atoms with Crippen LogP contribution in [0.4, 0.5) is 6.01 Å². The molecule has 0 bridgehead atoms. The van der Waals surface area contributed by atoms with E-state index in [0.717, 1.165) is 22.4 Å². The number of ether oxygens (including phenoxy) is 1. The van der Waals surface area contributed by atoms with Gasteiger partial charge in [-0.25, -0.2) is 0 Å². The molecule has 6 nitrogen and oxygen atoms in total. The van der Waals surface area contributed by atoms with Gasteiger partial charge in [-0.3, -0.25) is 10.1 Å². The highest BCUT2D eigenvalue weighted by Crippen LogP contribution is 2.25. The molecule has 1 N–H and O–H groups in total. The number of carbonyl (C=O) groups excluding carboxylic acids is 1. The Morgan fingerprint density at radius 2 is 1.62 bits per heavy atom. The van der Waals surface area contributed by atoms with Crippen molar-refractivity contribution in [2.45, 2.75) is 13.8 Å². The number of carbonyl (C=O) groups is 1. The average Bonchev–Trinajstić information content (AvgIpc) is 3.17. The molecule has 0 spiro atoms. The normalized spacial score (nSPS) is 10.6. The molecular weight excluding hydrogens is 366 g/mol. The van der Waals surface area contributed by atoms with Gasteiger partial charge in [-0.15, -0.1) is 5.10 Å². The summed E-state index contributed by atoms with van der Waals surface area (Å²) in [4.78, 5) is 12.5. The van der Waals surface area contributed by atoms with Gasteiger partial charge in [-0.1, -0.05) is 41.0 Å². The lowest BCUT2D eigenvalue weighted by Crippen LogP contribution is -2.11. The summed E-state index contributed by atoms with van der Waals surface area (Å²) in [5.74, 6) is 1.40. The standard InChI is InChI=1S/C23H19N3O3/c1-15-8-13-20(16(2)14-15)22-25-26-23(29-22)24-21(27)17-9-11-19(12-10-17)28-18-6-4-3-5-7-18/h3-14H,1-2H3,(H,24,26,27). The number of nitrogens with zero attached hydrogens (tertiary/aromatic N) is 2. The maximum atomic E-state index is 12.5. The van der Waals surface area contributed by atoms with Crippen molar-refractivity contribution in [3.63, 3.8) is 0 Å². The minimum atomic E-state index is -0.341. The van der Waals surface area contributed by atoms with Crippen molar-refractivity contribution in [2.24, 2.45) is 0 Å². The molecule has 0 aliphatic heterocycles. The quantitative estimate of drug-likeness (QED) is 0.498. The van der Waals surface area contributed by atoms with Crippen LogP contribution >= 0.6 is 0 Å². The van der Waals surface area contributed by atoms with Gasteiger partial charge in [0, 0.05) is 11.1 Å². The molecule has 0 saturated carbocycles. The summed E-state index contributed by atoms with van der Waals surface area (Å²) in [5.41, 5.74) is 3.47. The van der Waals surface area contributed by atoms with Gasteiger partial charge >= 0.3 is 6.01 Å². The number of nitrogens with one attached hydrogen (secondary N) is 1. The van der Waals surface area contributed by atoms with Gasteiger partial charge < -0.3 is 9.15 Å². The van der Waals surface area contributed by atoms with Crippen LogP contribution < -0.4 is 10.1 Å². The van der Waals surface area contributed by atoms with Gasteiger partial charge in [0.1, 0.15) is 11.5 Å². The predicted octanol–water partition coefficient (Wildman–Crippen LogP) is 5.40. The lowest BCUT2D eigenvalue weighted by Gasteiger charge is -2.06. The first-order valence-corrected chi connectivity index (χ1v) is 9.14. The van der Waals surface area contributed by atoms with Crippen molar-refractivity contribution in [1.29, 1.82) is 0 Å². The topological polar surface area (TPSA) is 77.2 Å². The zero-order valence-corrected chi connectivity index (χ0v) is 16.0. The van der Waals surface area contributed by atoms with Crippen molar-refractivity contribution in [2.75, 3.05) is 5.32 Å². The zero-order valence-electron chi connectivity index (χ0n) is 16.0. The molecule has 29 heavy (non-hydrogen) atoms. The van der Waals surface area contributed by atoms with Crippen molar-refractivity contribution < 1.29 is 13.9 Å². The molecular formula is C23H19N3O3. The molecule has 4 rings (SSSR count). The molecule has 0 aliphatic rings. The van der Waals surface area contributed by atoms with Crippen molar-refractivity contribution in [3.05, 3.63) is 89.5 Å². The maximum Gasteiger partial charge on any atom is 0.322 e. The minimum Gasteiger partial charge on any atom is -0.457 e. The molecule has 6 heteroatoms. The van der Waals surface area contributed by atoms with Gasteiger partial charge in [-0.05, 0) is 61.9 Å². The summed E-state index contributed by atoms with van der Waals surface area (Å²) >= 11 is 0. The summed E-state index contributed by atoms with van der Waals surface area (Å²) < 4.78 is 11.3. The van der Waals surface area contributed by atoms with Crippen LogP contribution in [-0.4, -0.2) is 16.1 Å². The molecule has 0 aliphatic carbocycles. The largest absolute Gasteiger partial charge is 0.457 e. The SMILES string of the molecule is Cc1ccc(-c2nnc(NC(=O)c3ccc(Oc4ccccc4)cc3)o2)c(C)c1. The van der Waals surface area contributed by atoms with Crippen molar-refractivity contribution in [3.8, 4) is 23.0 Å². The van der Waals surface area contributed by atoms with Crippen LogP contribution in [0.2, 0.25) is 0 Å². The minimum absolute atomic E-state index is 0.0505. The molecule has 144 valence electrons. The number of anilines is 1. The van der Waals surface area contributed by atoms with Crippen LogP contribution in [0.25, 0.3) is 11.5 Å². The number of amides is 1. The van der Waals surface area contributed by atoms with Crippen LogP contribution in [0, 0.1) is 13.8 Å². The molecule has 1 aromatic heterocycles. The molecule has 3 aromatic carbocycles. The second kappa shape index (κ2) is 7.98. The van der Waals surface area contributed by atoms with E-state index in [1.54, 1.807) is 24.3 Å². The Balaban J connectivity index is 1.44. The highest BCUT2D eigenvalue weighted by Gasteiger charge is 2.14. The molecule has 1 amide bonds. The molecule has 0 fully saturated rings. The van der Waals surface area contributed by atoms with E-state index in [2.05, 4.69) is 15.5 Å². The van der Waals surface area contributed by atoms with Crippen LogP contribution in [0.3, 0.4) is 0 Å². The first kappa shape index (κ1) is 18.4. The predicted molar refractivity (Wildman–Crippen MR) is 110 cm³/mol. The van der Waals surface area contributed by atoms with Gasteiger partial charge in [0.2, 0.25) is 5.89 Å². The Hall–Kier alpha value is -3.93. The molecule has 1 heterocycles. The van der Waals surface area contributed by atoms with E-state index in [-0.39, 0.29) is 11.9 Å². The molecule has 0 atom stereocenters. The van der Waals surface area contributed by atoms with E-state index < -0.39 is 0 Å². The third kappa shape index (κ3) is 4.32. The highest BCUT2D eigenvalue weighted by atomic mass is 16.5.